The predicted octanol–water partition coefficient (Wildman–Crippen LogP) is 3.40. The van der Waals surface area contributed by atoms with Crippen LogP contribution in [0.5, 0.6) is 0 Å². The van der Waals surface area contributed by atoms with Crippen molar-refractivity contribution in [1.82, 2.24) is 10.6 Å². The van der Waals surface area contributed by atoms with E-state index in [4.69, 9.17) is 11.6 Å². The number of halogens is 1. The molecule has 0 aliphatic carbocycles. The summed E-state index contributed by atoms with van der Waals surface area (Å²) in [5, 5.41) is 8.31. The summed E-state index contributed by atoms with van der Waals surface area (Å²) in [5.74, 6) is -1.19. The van der Waals surface area contributed by atoms with Crippen LogP contribution in [0, 0.1) is 12.8 Å². The van der Waals surface area contributed by atoms with Crippen molar-refractivity contribution in [3.05, 3.63) is 64.2 Å². The number of hydrogen-bond donors (Lipinski definition) is 3. The van der Waals surface area contributed by atoms with E-state index in [0.29, 0.717) is 11.3 Å². The lowest BCUT2D eigenvalue weighted by molar-refractivity contribution is -0.118. The van der Waals surface area contributed by atoms with Crippen molar-refractivity contribution in [3.8, 4) is 0 Å². The Labute approximate surface area is 169 Å². The first-order valence-electron chi connectivity index (χ1n) is 8.93. The molecule has 0 aliphatic rings. The van der Waals surface area contributed by atoms with Crippen LogP contribution >= 0.6 is 11.6 Å². The third-order valence-corrected chi connectivity index (χ3v) is 4.55. The van der Waals surface area contributed by atoms with Crippen LogP contribution < -0.4 is 16.0 Å². The van der Waals surface area contributed by atoms with Crippen LogP contribution in [0.1, 0.15) is 40.1 Å². The van der Waals surface area contributed by atoms with Gasteiger partial charge in [0.25, 0.3) is 11.8 Å². The van der Waals surface area contributed by atoms with Gasteiger partial charge >= 0.3 is 0 Å². The number of carbonyl (C=O) groups is 3. The van der Waals surface area contributed by atoms with Crippen LogP contribution in [0.15, 0.2) is 42.5 Å². The van der Waals surface area contributed by atoms with Crippen molar-refractivity contribution in [2.24, 2.45) is 5.92 Å². The number of hydrogen-bond acceptors (Lipinski definition) is 3. The Hall–Kier alpha value is -2.86. The van der Waals surface area contributed by atoms with Gasteiger partial charge in [0.2, 0.25) is 5.91 Å². The minimum absolute atomic E-state index is 0.139. The molecule has 0 saturated heterocycles. The zero-order valence-electron chi connectivity index (χ0n) is 16.3. The molecule has 0 aromatic heterocycles. The molecule has 0 spiro atoms. The van der Waals surface area contributed by atoms with Gasteiger partial charge in [-0.25, -0.2) is 0 Å². The fraction of sp³-hybridized carbons (Fsp3) is 0.286. The standard InChI is InChI=1S/C21H24ClN3O3/c1-12(2)18(25-19(26)14-7-5-6-13(3)10-14)21(28)24-15-8-9-17(22)16(11-15)20(27)23-4/h5-12,18H,1-4H3,(H,23,27)(H,24,28)(H,25,26). The monoisotopic (exact) mass is 401 g/mol. The molecule has 3 N–H and O–H groups in total. The number of amides is 3. The number of anilines is 1. The molecule has 2 aromatic rings. The molecule has 6 nitrogen and oxygen atoms in total. The molecular weight excluding hydrogens is 378 g/mol. The van der Waals surface area contributed by atoms with Crippen LogP contribution in [-0.2, 0) is 4.79 Å². The number of nitrogens with one attached hydrogen (secondary N) is 3. The van der Waals surface area contributed by atoms with Crippen LogP contribution in [0.2, 0.25) is 5.02 Å². The second kappa shape index (κ2) is 9.37. The van der Waals surface area contributed by atoms with Gasteiger partial charge in [0.1, 0.15) is 6.04 Å². The first kappa shape index (κ1) is 21.4. The van der Waals surface area contributed by atoms with Crippen molar-refractivity contribution in [1.29, 1.82) is 0 Å². The van der Waals surface area contributed by atoms with E-state index >= 15 is 0 Å². The highest BCUT2D eigenvalue weighted by Gasteiger charge is 2.25. The maximum Gasteiger partial charge on any atom is 0.252 e. The van der Waals surface area contributed by atoms with Crippen LogP contribution in [0.3, 0.4) is 0 Å². The number of benzene rings is 2. The van der Waals surface area contributed by atoms with E-state index in [0.717, 1.165) is 5.56 Å². The van der Waals surface area contributed by atoms with Crippen molar-refractivity contribution < 1.29 is 14.4 Å². The lowest BCUT2D eigenvalue weighted by Gasteiger charge is -2.22. The van der Waals surface area contributed by atoms with Gasteiger partial charge in [-0.15, -0.1) is 0 Å². The first-order chi connectivity index (χ1) is 13.2. The molecule has 0 radical (unpaired) electrons. The van der Waals surface area contributed by atoms with Gasteiger partial charge in [0, 0.05) is 18.3 Å². The molecule has 0 bridgehead atoms. The number of aryl methyl sites for hydroxylation is 1. The molecule has 2 rings (SSSR count). The second-order valence-electron chi connectivity index (χ2n) is 6.83. The highest BCUT2D eigenvalue weighted by atomic mass is 35.5. The minimum Gasteiger partial charge on any atom is -0.355 e. The first-order valence-corrected chi connectivity index (χ1v) is 9.30. The zero-order chi connectivity index (χ0) is 20.8. The Morgan fingerprint density at radius 3 is 2.32 bits per heavy atom. The number of carbonyl (C=O) groups excluding carboxylic acids is 3. The van der Waals surface area contributed by atoms with Crippen molar-refractivity contribution in [3.63, 3.8) is 0 Å². The molecular formula is C21H24ClN3O3. The SMILES string of the molecule is CNC(=O)c1cc(NC(=O)C(NC(=O)c2cccc(C)c2)C(C)C)ccc1Cl. The Kier molecular flexibility index (Phi) is 7.18. The maximum atomic E-state index is 12.8. The Morgan fingerprint density at radius 2 is 1.71 bits per heavy atom. The van der Waals surface area contributed by atoms with Gasteiger partial charge in [-0.2, -0.15) is 0 Å². The average Bonchev–Trinajstić information content (AvgIpc) is 2.66. The summed E-state index contributed by atoms with van der Waals surface area (Å²) in [4.78, 5) is 37.2. The molecule has 3 amide bonds. The Balaban J connectivity index is 2.17. The summed E-state index contributed by atoms with van der Waals surface area (Å²) in [7, 11) is 1.50. The molecule has 1 atom stereocenters. The molecule has 2 aromatic carbocycles. The van der Waals surface area contributed by atoms with Crippen LogP contribution in [-0.4, -0.2) is 30.8 Å². The van der Waals surface area contributed by atoms with E-state index in [1.807, 2.05) is 26.8 Å². The third kappa shape index (κ3) is 5.33. The maximum absolute atomic E-state index is 12.8. The molecule has 0 aliphatic heterocycles. The Morgan fingerprint density at radius 1 is 1.00 bits per heavy atom. The molecule has 0 heterocycles. The van der Waals surface area contributed by atoms with Crippen molar-refractivity contribution in [2.45, 2.75) is 26.8 Å². The van der Waals surface area contributed by atoms with Crippen molar-refractivity contribution >= 4 is 35.0 Å². The third-order valence-electron chi connectivity index (χ3n) is 4.22. The smallest absolute Gasteiger partial charge is 0.252 e. The molecule has 28 heavy (non-hydrogen) atoms. The van der Waals surface area contributed by atoms with E-state index in [2.05, 4.69) is 16.0 Å². The summed E-state index contributed by atoms with van der Waals surface area (Å²) >= 11 is 6.04. The number of rotatable bonds is 6. The second-order valence-corrected chi connectivity index (χ2v) is 7.23. The summed E-state index contributed by atoms with van der Waals surface area (Å²) in [6, 6.07) is 11.1. The molecule has 0 fully saturated rings. The summed E-state index contributed by atoms with van der Waals surface area (Å²) < 4.78 is 0. The van der Waals surface area contributed by atoms with Crippen molar-refractivity contribution in [2.75, 3.05) is 12.4 Å². The van der Waals surface area contributed by atoms with Gasteiger partial charge in [0.15, 0.2) is 0 Å². The highest BCUT2D eigenvalue weighted by molar-refractivity contribution is 6.34. The van der Waals surface area contributed by atoms with Gasteiger partial charge in [-0.1, -0.05) is 43.1 Å². The van der Waals surface area contributed by atoms with Crippen LogP contribution in [0.25, 0.3) is 0 Å². The minimum atomic E-state index is -0.743. The quantitative estimate of drug-likeness (QED) is 0.693. The van der Waals surface area contributed by atoms with E-state index in [1.165, 1.54) is 19.2 Å². The molecule has 148 valence electrons. The summed E-state index contributed by atoms with van der Waals surface area (Å²) in [6.45, 7) is 5.59. The lowest BCUT2D eigenvalue weighted by atomic mass is 10.0. The molecule has 7 heteroatoms. The molecule has 1 unspecified atom stereocenters. The fourth-order valence-corrected chi connectivity index (χ4v) is 2.88. The van der Waals surface area contributed by atoms with E-state index < -0.39 is 6.04 Å². The predicted molar refractivity (Wildman–Crippen MR) is 111 cm³/mol. The normalized spacial score (nSPS) is 11.6. The van der Waals surface area contributed by atoms with Gasteiger partial charge in [-0.05, 0) is 43.2 Å². The topological polar surface area (TPSA) is 87.3 Å². The van der Waals surface area contributed by atoms with E-state index in [-0.39, 0.29) is 34.2 Å². The van der Waals surface area contributed by atoms with E-state index in [9.17, 15) is 14.4 Å². The Bertz CT molecular complexity index is 896. The zero-order valence-corrected chi connectivity index (χ0v) is 17.1. The van der Waals surface area contributed by atoms with Gasteiger partial charge in [0.05, 0.1) is 10.6 Å². The van der Waals surface area contributed by atoms with E-state index in [1.54, 1.807) is 24.3 Å². The largest absolute Gasteiger partial charge is 0.355 e. The van der Waals surface area contributed by atoms with Crippen LogP contribution in [0.4, 0.5) is 5.69 Å². The molecule has 0 saturated carbocycles. The average molecular weight is 402 g/mol. The summed E-state index contributed by atoms with van der Waals surface area (Å²) in [6.07, 6.45) is 0. The summed E-state index contributed by atoms with van der Waals surface area (Å²) in [5.41, 5.74) is 2.13. The van der Waals surface area contributed by atoms with Gasteiger partial charge in [-0.3, -0.25) is 14.4 Å². The van der Waals surface area contributed by atoms with Gasteiger partial charge < -0.3 is 16.0 Å². The lowest BCUT2D eigenvalue weighted by Crippen LogP contribution is -2.47. The fourth-order valence-electron chi connectivity index (χ4n) is 2.68. The highest BCUT2D eigenvalue weighted by Crippen LogP contribution is 2.21.